The van der Waals surface area contributed by atoms with Gasteiger partial charge in [-0.25, -0.2) is 4.79 Å². The summed E-state index contributed by atoms with van der Waals surface area (Å²) in [6.07, 6.45) is 7.00. The van der Waals surface area contributed by atoms with Crippen LogP contribution in [0, 0.1) is 0 Å². The number of methoxy groups -OCH3 is 1. The molecular weight excluding hydrogens is 358 g/mol. The molecule has 1 aromatic carbocycles. The van der Waals surface area contributed by atoms with Gasteiger partial charge in [-0.15, -0.1) is 0 Å². The van der Waals surface area contributed by atoms with Crippen LogP contribution < -0.4 is 4.74 Å². The van der Waals surface area contributed by atoms with Gasteiger partial charge in [0, 0.05) is 41.6 Å². The van der Waals surface area contributed by atoms with Gasteiger partial charge in [-0.1, -0.05) is 0 Å². The fourth-order valence-electron chi connectivity index (χ4n) is 4.40. The van der Waals surface area contributed by atoms with Gasteiger partial charge < -0.3 is 19.2 Å². The molecule has 0 saturated carbocycles. The van der Waals surface area contributed by atoms with Crippen molar-refractivity contribution in [2.24, 2.45) is 0 Å². The van der Waals surface area contributed by atoms with E-state index in [4.69, 9.17) is 9.15 Å². The summed E-state index contributed by atoms with van der Waals surface area (Å²) < 4.78 is 11.6. The number of aliphatic carboxylic acids is 1. The Bertz CT molecular complexity index is 971. The number of hydrogen-bond acceptors (Lipinski definition) is 4. The highest BCUT2D eigenvalue weighted by Gasteiger charge is 2.33. The van der Waals surface area contributed by atoms with Crippen LogP contribution in [0.2, 0.25) is 0 Å². The van der Waals surface area contributed by atoms with Gasteiger partial charge >= 0.3 is 5.97 Å². The number of hydrogen-bond donors (Lipinski definition) is 1. The van der Waals surface area contributed by atoms with E-state index in [1.54, 1.807) is 7.11 Å². The molecule has 1 atom stereocenters. The average Bonchev–Trinajstić information content (AvgIpc) is 3.31. The molecule has 2 heterocycles. The molecule has 1 fully saturated rings. The van der Waals surface area contributed by atoms with Crippen LogP contribution in [0.5, 0.6) is 5.75 Å². The third-order valence-electron chi connectivity index (χ3n) is 5.86. The fraction of sp³-hybridized carbons (Fsp3) is 0.455. The van der Waals surface area contributed by atoms with Crippen LogP contribution in [0.15, 0.2) is 22.6 Å². The monoisotopic (exact) mass is 383 g/mol. The Hall–Kier alpha value is -2.76. The lowest BCUT2D eigenvalue weighted by Gasteiger charge is -2.20. The molecule has 28 heavy (non-hydrogen) atoms. The second-order valence-electron chi connectivity index (χ2n) is 7.61. The molecule has 1 aliphatic carbocycles. The van der Waals surface area contributed by atoms with E-state index in [1.165, 1.54) is 16.5 Å². The minimum Gasteiger partial charge on any atom is -0.496 e. The molecule has 1 unspecified atom stereocenters. The number of ether oxygens (including phenoxy) is 1. The highest BCUT2D eigenvalue weighted by atomic mass is 16.5. The molecule has 6 heteroatoms. The van der Waals surface area contributed by atoms with Crippen LogP contribution in [0.1, 0.15) is 49.5 Å². The van der Waals surface area contributed by atoms with Gasteiger partial charge in [0.2, 0.25) is 5.91 Å². The van der Waals surface area contributed by atoms with Crippen molar-refractivity contribution in [2.45, 2.75) is 51.5 Å². The average molecular weight is 383 g/mol. The van der Waals surface area contributed by atoms with Crippen molar-refractivity contribution in [1.29, 1.82) is 0 Å². The molecule has 1 amide bonds. The van der Waals surface area contributed by atoms with Crippen molar-refractivity contribution in [1.82, 2.24) is 4.90 Å². The number of benzene rings is 1. The lowest BCUT2D eigenvalue weighted by atomic mass is 9.94. The number of allylic oxidation sites excluding steroid dienone is 1. The van der Waals surface area contributed by atoms with Crippen molar-refractivity contribution >= 4 is 28.4 Å². The van der Waals surface area contributed by atoms with E-state index in [0.717, 1.165) is 53.5 Å². The van der Waals surface area contributed by atoms with Crippen molar-refractivity contribution < 1.29 is 23.8 Å². The van der Waals surface area contributed by atoms with Crippen molar-refractivity contribution in [3.8, 4) is 5.75 Å². The van der Waals surface area contributed by atoms with Crippen LogP contribution >= 0.6 is 0 Å². The molecule has 1 saturated heterocycles. The molecule has 2 aliphatic rings. The Kier molecular flexibility index (Phi) is 4.87. The molecule has 0 spiro atoms. The van der Waals surface area contributed by atoms with Gasteiger partial charge in [0.15, 0.2) is 0 Å². The first-order valence-electron chi connectivity index (χ1n) is 9.84. The second-order valence-corrected chi connectivity index (χ2v) is 7.61. The Balaban J connectivity index is 1.71. The van der Waals surface area contributed by atoms with Gasteiger partial charge in [-0.05, 0) is 50.7 Å². The number of carboxylic acid groups (broad SMARTS) is 1. The summed E-state index contributed by atoms with van der Waals surface area (Å²) in [5.41, 5.74) is 3.67. The first-order valence-corrected chi connectivity index (χ1v) is 9.84. The number of fused-ring (bicyclic) bond motifs is 3. The molecule has 6 nitrogen and oxygen atoms in total. The van der Waals surface area contributed by atoms with Crippen molar-refractivity contribution in [3.63, 3.8) is 0 Å². The Morgan fingerprint density at radius 3 is 2.79 bits per heavy atom. The molecular formula is C22H25NO5. The minimum atomic E-state index is -0.944. The van der Waals surface area contributed by atoms with E-state index in [-0.39, 0.29) is 5.91 Å². The van der Waals surface area contributed by atoms with Crippen LogP contribution in [0.3, 0.4) is 0 Å². The Morgan fingerprint density at radius 1 is 1.25 bits per heavy atom. The third kappa shape index (κ3) is 3.17. The van der Waals surface area contributed by atoms with Gasteiger partial charge in [-0.3, -0.25) is 4.79 Å². The fourth-order valence-corrected chi connectivity index (χ4v) is 4.40. The predicted octanol–water partition coefficient (Wildman–Crippen LogP) is 3.80. The largest absolute Gasteiger partial charge is 0.496 e. The summed E-state index contributed by atoms with van der Waals surface area (Å²) in [5.74, 6) is 0.496. The zero-order valence-electron chi connectivity index (χ0n) is 16.3. The number of amides is 1. The van der Waals surface area contributed by atoms with E-state index in [2.05, 4.69) is 0 Å². The quantitative estimate of drug-likeness (QED) is 0.813. The molecule has 4 rings (SSSR count). The number of rotatable bonds is 4. The van der Waals surface area contributed by atoms with E-state index in [9.17, 15) is 14.7 Å². The SMILES string of the molecule is COc1cc2oc3c(c2cc1/C(C)=C/C(=O)N1CCCC1C(=O)O)CCCC3. The molecule has 2 aromatic rings. The summed E-state index contributed by atoms with van der Waals surface area (Å²) in [6, 6.07) is 3.20. The zero-order chi connectivity index (χ0) is 19.8. The summed E-state index contributed by atoms with van der Waals surface area (Å²) in [6.45, 7) is 2.34. The number of furan rings is 1. The summed E-state index contributed by atoms with van der Waals surface area (Å²) >= 11 is 0. The molecule has 148 valence electrons. The molecule has 1 N–H and O–H groups in total. The van der Waals surface area contributed by atoms with Gasteiger partial charge in [0.05, 0.1) is 7.11 Å². The smallest absolute Gasteiger partial charge is 0.326 e. The van der Waals surface area contributed by atoms with Gasteiger partial charge in [-0.2, -0.15) is 0 Å². The first kappa shape index (κ1) is 18.6. The number of likely N-dealkylation sites (tertiary alicyclic amines) is 1. The lowest BCUT2D eigenvalue weighted by molar-refractivity contribution is -0.146. The first-order chi connectivity index (χ1) is 13.5. The normalized spacial score (nSPS) is 19.7. The maximum Gasteiger partial charge on any atom is 0.326 e. The predicted molar refractivity (Wildman–Crippen MR) is 105 cm³/mol. The summed E-state index contributed by atoms with van der Waals surface area (Å²) in [5, 5.41) is 10.4. The standard InChI is InChI=1S/C22H25NO5/c1-13(10-21(24)23-9-5-7-17(23)22(25)26)15-11-16-14-6-3-4-8-18(14)28-20(16)12-19(15)27-2/h10-12,17H,3-9H2,1-2H3,(H,25,26)/b13-10+. The van der Waals surface area contributed by atoms with E-state index in [1.807, 2.05) is 19.1 Å². The third-order valence-corrected chi connectivity index (χ3v) is 5.86. The van der Waals surface area contributed by atoms with Crippen LogP contribution in [0.4, 0.5) is 0 Å². The number of carbonyl (C=O) groups is 2. The Labute approximate surface area is 163 Å². The molecule has 0 radical (unpaired) electrons. The number of aryl methyl sites for hydroxylation is 2. The van der Waals surface area contributed by atoms with E-state index in [0.29, 0.717) is 25.1 Å². The second kappa shape index (κ2) is 7.34. The Morgan fingerprint density at radius 2 is 2.04 bits per heavy atom. The highest BCUT2D eigenvalue weighted by Crippen LogP contribution is 2.38. The van der Waals surface area contributed by atoms with Crippen molar-refractivity contribution in [2.75, 3.05) is 13.7 Å². The molecule has 1 aliphatic heterocycles. The van der Waals surface area contributed by atoms with E-state index >= 15 is 0 Å². The van der Waals surface area contributed by atoms with E-state index < -0.39 is 12.0 Å². The minimum absolute atomic E-state index is 0.265. The molecule has 0 bridgehead atoms. The van der Waals surface area contributed by atoms with Crippen LogP contribution in [0.25, 0.3) is 16.5 Å². The topological polar surface area (TPSA) is 80.0 Å². The maximum absolute atomic E-state index is 12.7. The van der Waals surface area contributed by atoms with Crippen LogP contribution in [-0.2, 0) is 22.4 Å². The summed E-state index contributed by atoms with van der Waals surface area (Å²) in [4.78, 5) is 25.5. The van der Waals surface area contributed by atoms with Crippen molar-refractivity contribution in [3.05, 3.63) is 35.1 Å². The number of carboxylic acids is 1. The lowest BCUT2D eigenvalue weighted by Crippen LogP contribution is -2.39. The summed E-state index contributed by atoms with van der Waals surface area (Å²) in [7, 11) is 1.60. The van der Waals surface area contributed by atoms with Crippen LogP contribution in [-0.4, -0.2) is 41.6 Å². The number of carbonyl (C=O) groups excluding carboxylic acids is 1. The zero-order valence-corrected chi connectivity index (χ0v) is 16.3. The van der Waals surface area contributed by atoms with Gasteiger partial charge in [0.25, 0.3) is 0 Å². The molecule has 1 aromatic heterocycles. The number of nitrogens with zero attached hydrogens (tertiary/aromatic N) is 1. The van der Waals surface area contributed by atoms with Gasteiger partial charge in [0.1, 0.15) is 23.1 Å². The maximum atomic E-state index is 12.7. The highest BCUT2D eigenvalue weighted by molar-refractivity contribution is 5.99.